The number of hydrogen-bond donors (Lipinski definition) is 1. The number of ketones is 1. The molecule has 0 aliphatic heterocycles. The van der Waals surface area contributed by atoms with Crippen molar-refractivity contribution in [1.82, 2.24) is 0 Å². The molecule has 0 fully saturated rings. The molecule has 1 aliphatic carbocycles. The highest BCUT2D eigenvalue weighted by molar-refractivity contribution is 5.88. The Morgan fingerprint density at radius 2 is 2.00 bits per heavy atom. The molecule has 1 aromatic rings. The highest BCUT2D eigenvalue weighted by Crippen LogP contribution is 2.38. The Hall–Kier alpha value is -1.15. The third-order valence-corrected chi connectivity index (χ3v) is 4.08. The van der Waals surface area contributed by atoms with E-state index in [1.807, 2.05) is 26.0 Å². The Morgan fingerprint density at radius 1 is 1.35 bits per heavy atom. The molecule has 0 spiro atoms. The highest BCUT2D eigenvalue weighted by atomic mass is 16.3. The van der Waals surface area contributed by atoms with Crippen molar-refractivity contribution in [1.29, 1.82) is 0 Å². The van der Waals surface area contributed by atoms with Crippen LogP contribution < -0.4 is 0 Å². The smallest absolute Gasteiger partial charge is 0.164 e. The predicted molar refractivity (Wildman–Crippen MR) is 68.0 cm³/mol. The van der Waals surface area contributed by atoms with Crippen LogP contribution in [-0.4, -0.2) is 16.5 Å². The second kappa shape index (κ2) is 4.61. The van der Waals surface area contributed by atoms with Gasteiger partial charge in [-0.1, -0.05) is 38.1 Å². The molecule has 0 bridgehead atoms. The van der Waals surface area contributed by atoms with Gasteiger partial charge in [0.15, 0.2) is 5.78 Å². The predicted octanol–water partition coefficient (Wildman–Crippen LogP) is 2.84. The van der Waals surface area contributed by atoms with Crippen molar-refractivity contribution in [2.75, 3.05) is 0 Å². The molecule has 92 valence electrons. The van der Waals surface area contributed by atoms with Crippen LogP contribution in [0.4, 0.5) is 0 Å². The first-order valence-corrected chi connectivity index (χ1v) is 6.44. The minimum atomic E-state index is -1.11. The van der Waals surface area contributed by atoms with Gasteiger partial charge in [-0.15, -0.1) is 0 Å². The van der Waals surface area contributed by atoms with Gasteiger partial charge in [-0.3, -0.25) is 4.79 Å². The van der Waals surface area contributed by atoms with Crippen molar-refractivity contribution < 1.29 is 9.90 Å². The first kappa shape index (κ1) is 12.3. The van der Waals surface area contributed by atoms with E-state index in [9.17, 15) is 9.90 Å². The van der Waals surface area contributed by atoms with Gasteiger partial charge in [0.05, 0.1) is 0 Å². The zero-order valence-corrected chi connectivity index (χ0v) is 10.6. The lowest BCUT2D eigenvalue weighted by atomic mass is 9.73. The summed E-state index contributed by atoms with van der Waals surface area (Å²) < 4.78 is 0. The average molecular weight is 232 g/mol. The van der Waals surface area contributed by atoms with Crippen molar-refractivity contribution in [2.45, 2.75) is 51.0 Å². The number of rotatable bonds is 5. The minimum absolute atomic E-state index is 0.00185. The molecular weight excluding hydrogens is 212 g/mol. The molecule has 0 heterocycles. The van der Waals surface area contributed by atoms with E-state index in [4.69, 9.17) is 0 Å². The first-order valence-electron chi connectivity index (χ1n) is 6.44. The normalized spacial score (nSPS) is 18.4. The molecule has 2 nitrogen and oxygen atoms in total. The fourth-order valence-electron chi connectivity index (χ4n) is 2.60. The molecule has 0 aromatic heterocycles. The standard InChI is InChI=1S/C15H20O2/c1-3-15(17,4-2)14(16)10-12-9-11-7-5-6-8-13(11)12/h5-8,12,17H,3-4,9-10H2,1-2H3. The summed E-state index contributed by atoms with van der Waals surface area (Å²) in [4.78, 5) is 12.1. The molecule has 1 N–H and O–H groups in total. The van der Waals surface area contributed by atoms with Gasteiger partial charge in [-0.25, -0.2) is 0 Å². The molecule has 0 saturated heterocycles. The van der Waals surface area contributed by atoms with Crippen molar-refractivity contribution >= 4 is 5.78 Å². The van der Waals surface area contributed by atoms with Gasteiger partial charge in [-0.05, 0) is 36.3 Å². The summed E-state index contributed by atoms with van der Waals surface area (Å²) in [5, 5.41) is 10.2. The van der Waals surface area contributed by atoms with Crippen LogP contribution in [0.15, 0.2) is 24.3 Å². The Bertz CT molecular complexity index is 419. The summed E-state index contributed by atoms with van der Waals surface area (Å²) in [6.45, 7) is 3.74. The van der Waals surface area contributed by atoms with Gasteiger partial charge in [0.1, 0.15) is 5.60 Å². The van der Waals surface area contributed by atoms with Gasteiger partial charge in [0.25, 0.3) is 0 Å². The third-order valence-electron chi connectivity index (χ3n) is 4.08. The third kappa shape index (κ3) is 2.14. The molecule has 2 heteroatoms. The molecule has 17 heavy (non-hydrogen) atoms. The second-order valence-electron chi connectivity index (χ2n) is 4.97. The van der Waals surface area contributed by atoms with Crippen molar-refractivity contribution in [2.24, 2.45) is 0 Å². The van der Waals surface area contributed by atoms with Crippen LogP contribution in [0.1, 0.15) is 50.2 Å². The van der Waals surface area contributed by atoms with Gasteiger partial charge in [0, 0.05) is 6.42 Å². The summed E-state index contributed by atoms with van der Waals surface area (Å²) in [7, 11) is 0. The zero-order valence-electron chi connectivity index (χ0n) is 10.6. The van der Waals surface area contributed by atoms with E-state index in [1.54, 1.807) is 0 Å². The first-order chi connectivity index (χ1) is 8.10. The zero-order chi connectivity index (χ0) is 12.5. The van der Waals surface area contributed by atoms with Crippen molar-refractivity contribution in [3.05, 3.63) is 35.4 Å². The molecule has 1 aromatic carbocycles. The number of carbonyl (C=O) groups is 1. The number of aliphatic hydroxyl groups is 1. The van der Waals surface area contributed by atoms with E-state index in [1.165, 1.54) is 11.1 Å². The van der Waals surface area contributed by atoms with Crippen LogP contribution in [-0.2, 0) is 11.2 Å². The van der Waals surface area contributed by atoms with Crippen LogP contribution in [0.25, 0.3) is 0 Å². The highest BCUT2D eigenvalue weighted by Gasteiger charge is 2.36. The molecular formula is C15H20O2. The van der Waals surface area contributed by atoms with Crippen LogP contribution in [0, 0.1) is 0 Å². The lowest BCUT2D eigenvalue weighted by molar-refractivity contribution is -0.138. The molecule has 1 atom stereocenters. The summed E-state index contributed by atoms with van der Waals surface area (Å²) in [5.41, 5.74) is 1.53. The van der Waals surface area contributed by atoms with E-state index >= 15 is 0 Å². The van der Waals surface area contributed by atoms with E-state index in [0.717, 1.165) is 6.42 Å². The molecule has 1 unspecified atom stereocenters. The van der Waals surface area contributed by atoms with Crippen LogP contribution in [0.3, 0.4) is 0 Å². The minimum Gasteiger partial charge on any atom is -0.382 e. The summed E-state index contributed by atoms with van der Waals surface area (Å²) in [6, 6.07) is 8.25. The van der Waals surface area contributed by atoms with E-state index in [0.29, 0.717) is 25.2 Å². The van der Waals surface area contributed by atoms with Gasteiger partial charge in [-0.2, -0.15) is 0 Å². The Morgan fingerprint density at radius 3 is 2.59 bits per heavy atom. The Balaban J connectivity index is 2.03. The Labute approximate surface area is 103 Å². The SMILES string of the molecule is CCC(O)(CC)C(=O)CC1Cc2ccccc21. The molecule has 0 amide bonds. The fraction of sp³-hybridized carbons (Fsp3) is 0.533. The quantitative estimate of drug-likeness (QED) is 0.847. The van der Waals surface area contributed by atoms with Crippen LogP contribution in [0.2, 0.25) is 0 Å². The lowest BCUT2D eigenvalue weighted by Crippen LogP contribution is -2.39. The average Bonchev–Trinajstić information content (AvgIpc) is 2.34. The van der Waals surface area contributed by atoms with Crippen LogP contribution >= 0.6 is 0 Å². The summed E-state index contributed by atoms with van der Waals surface area (Å²) in [5.74, 6) is 0.324. The van der Waals surface area contributed by atoms with Crippen LogP contribution in [0.5, 0.6) is 0 Å². The number of Topliss-reactive ketones (excluding diaryl/α,β-unsaturated/α-hetero) is 1. The second-order valence-corrected chi connectivity index (χ2v) is 4.97. The van der Waals surface area contributed by atoms with Gasteiger partial charge < -0.3 is 5.11 Å². The lowest BCUT2D eigenvalue weighted by Gasteiger charge is -2.32. The maximum atomic E-state index is 12.1. The van der Waals surface area contributed by atoms with Gasteiger partial charge in [0.2, 0.25) is 0 Å². The number of fused-ring (bicyclic) bond motifs is 1. The van der Waals surface area contributed by atoms with E-state index in [-0.39, 0.29) is 5.78 Å². The fourth-order valence-corrected chi connectivity index (χ4v) is 2.60. The van der Waals surface area contributed by atoms with Crippen molar-refractivity contribution in [3.63, 3.8) is 0 Å². The number of benzene rings is 1. The molecule has 0 radical (unpaired) electrons. The monoisotopic (exact) mass is 232 g/mol. The summed E-state index contributed by atoms with van der Waals surface area (Å²) in [6.07, 6.45) is 2.48. The largest absolute Gasteiger partial charge is 0.382 e. The molecule has 2 rings (SSSR count). The van der Waals surface area contributed by atoms with E-state index in [2.05, 4.69) is 12.1 Å². The topological polar surface area (TPSA) is 37.3 Å². The van der Waals surface area contributed by atoms with E-state index < -0.39 is 5.60 Å². The summed E-state index contributed by atoms with van der Waals surface area (Å²) >= 11 is 0. The molecule has 1 aliphatic rings. The van der Waals surface area contributed by atoms with Crippen molar-refractivity contribution in [3.8, 4) is 0 Å². The maximum absolute atomic E-state index is 12.1. The molecule has 0 saturated carbocycles. The number of hydrogen-bond acceptors (Lipinski definition) is 2. The Kier molecular flexibility index (Phi) is 3.34. The van der Waals surface area contributed by atoms with Gasteiger partial charge >= 0.3 is 0 Å². The maximum Gasteiger partial charge on any atom is 0.164 e. The number of carbonyl (C=O) groups excluding carboxylic acids is 1.